The molecule has 0 unspecified atom stereocenters. The summed E-state index contributed by atoms with van der Waals surface area (Å²) >= 11 is 2.81. The third-order valence-corrected chi connectivity index (χ3v) is 5.48. The molecule has 2 aromatic carbocycles. The molecule has 0 aliphatic heterocycles. The molecular formula is C17H13N3OS2. The average molecular weight is 339 g/mol. The van der Waals surface area contributed by atoms with E-state index >= 15 is 0 Å². The van der Waals surface area contributed by atoms with Gasteiger partial charge in [0.05, 0.1) is 15.7 Å². The van der Waals surface area contributed by atoms with Gasteiger partial charge in [-0.15, -0.1) is 0 Å². The topological polar surface area (TPSA) is 46.9 Å². The maximum atomic E-state index is 11.7. The predicted molar refractivity (Wildman–Crippen MR) is 98.3 cm³/mol. The molecule has 23 heavy (non-hydrogen) atoms. The number of anilines is 1. The van der Waals surface area contributed by atoms with Crippen molar-refractivity contribution in [2.24, 2.45) is 7.05 Å². The SMILES string of the molecule is Cn1c(=O)sc2cc(SNc3ccc4ncccc4c3)ccc21. The number of rotatable bonds is 3. The molecular weight excluding hydrogens is 326 g/mol. The van der Waals surface area contributed by atoms with E-state index in [4.69, 9.17) is 0 Å². The van der Waals surface area contributed by atoms with Gasteiger partial charge < -0.3 is 9.29 Å². The maximum Gasteiger partial charge on any atom is 0.307 e. The van der Waals surface area contributed by atoms with Gasteiger partial charge in [-0.3, -0.25) is 9.78 Å². The number of thiazole rings is 1. The van der Waals surface area contributed by atoms with Gasteiger partial charge in [-0.2, -0.15) is 0 Å². The lowest BCUT2D eigenvalue weighted by molar-refractivity contribution is 0.938. The Bertz CT molecular complexity index is 1070. The number of nitrogens with one attached hydrogen (secondary N) is 1. The van der Waals surface area contributed by atoms with Crippen molar-refractivity contribution in [3.05, 3.63) is 64.4 Å². The van der Waals surface area contributed by atoms with Crippen LogP contribution in [0.25, 0.3) is 21.1 Å². The van der Waals surface area contributed by atoms with Crippen LogP contribution in [-0.2, 0) is 7.05 Å². The smallest absolute Gasteiger partial charge is 0.307 e. The second-order valence-corrected chi connectivity index (χ2v) is 7.04. The summed E-state index contributed by atoms with van der Waals surface area (Å²) in [4.78, 5) is 17.2. The van der Waals surface area contributed by atoms with E-state index in [0.29, 0.717) is 0 Å². The molecule has 2 aromatic heterocycles. The maximum absolute atomic E-state index is 11.7. The normalized spacial score (nSPS) is 11.2. The molecule has 1 N–H and O–H groups in total. The second kappa shape index (κ2) is 5.72. The van der Waals surface area contributed by atoms with Crippen molar-refractivity contribution in [1.82, 2.24) is 9.55 Å². The van der Waals surface area contributed by atoms with E-state index in [-0.39, 0.29) is 4.87 Å². The van der Waals surface area contributed by atoms with Crippen molar-refractivity contribution in [2.75, 3.05) is 4.72 Å². The lowest BCUT2D eigenvalue weighted by Crippen LogP contribution is -2.06. The molecule has 4 aromatic rings. The summed E-state index contributed by atoms with van der Waals surface area (Å²) in [7, 11) is 1.80. The average Bonchev–Trinajstić information content (AvgIpc) is 2.87. The molecule has 4 nitrogen and oxygen atoms in total. The summed E-state index contributed by atoms with van der Waals surface area (Å²) in [5.41, 5.74) is 2.98. The van der Waals surface area contributed by atoms with Gasteiger partial charge in [-0.1, -0.05) is 17.4 Å². The van der Waals surface area contributed by atoms with Crippen LogP contribution in [0.1, 0.15) is 0 Å². The first kappa shape index (κ1) is 14.3. The van der Waals surface area contributed by atoms with Gasteiger partial charge in [-0.25, -0.2) is 0 Å². The van der Waals surface area contributed by atoms with Crippen molar-refractivity contribution in [3.63, 3.8) is 0 Å². The van der Waals surface area contributed by atoms with E-state index in [1.807, 2.05) is 42.5 Å². The summed E-state index contributed by atoms with van der Waals surface area (Å²) in [6, 6.07) is 16.1. The van der Waals surface area contributed by atoms with Gasteiger partial charge in [0.1, 0.15) is 0 Å². The summed E-state index contributed by atoms with van der Waals surface area (Å²) in [5.74, 6) is 0. The Labute approximate surface area is 140 Å². The Morgan fingerprint density at radius 3 is 3.00 bits per heavy atom. The molecule has 0 saturated heterocycles. The zero-order valence-electron chi connectivity index (χ0n) is 12.3. The Morgan fingerprint density at radius 1 is 1.17 bits per heavy atom. The van der Waals surface area contributed by atoms with Crippen LogP contribution >= 0.6 is 23.3 Å². The molecule has 0 amide bonds. The van der Waals surface area contributed by atoms with Gasteiger partial charge in [0.25, 0.3) is 0 Å². The number of fused-ring (bicyclic) bond motifs is 2. The molecule has 0 aliphatic rings. The van der Waals surface area contributed by atoms with Crippen molar-refractivity contribution in [3.8, 4) is 0 Å². The minimum Gasteiger partial charge on any atom is -0.326 e. The fourth-order valence-electron chi connectivity index (χ4n) is 2.43. The Hall–Kier alpha value is -2.31. The lowest BCUT2D eigenvalue weighted by atomic mass is 10.2. The van der Waals surface area contributed by atoms with Gasteiger partial charge >= 0.3 is 4.87 Å². The first-order valence-corrected chi connectivity index (χ1v) is 8.71. The van der Waals surface area contributed by atoms with Crippen LogP contribution in [0.4, 0.5) is 5.69 Å². The molecule has 0 aliphatic carbocycles. The van der Waals surface area contributed by atoms with Crippen LogP contribution in [0.5, 0.6) is 0 Å². The number of benzene rings is 2. The van der Waals surface area contributed by atoms with Gasteiger partial charge in [0, 0.05) is 29.2 Å². The molecule has 4 rings (SSSR count). The first-order chi connectivity index (χ1) is 11.2. The van der Waals surface area contributed by atoms with Crippen LogP contribution in [0.3, 0.4) is 0 Å². The van der Waals surface area contributed by atoms with Crippen molar-refractivity contribution in [2.45, 2.75) is 4.90 Å². The minimum atomic E-state index is 0.0668. The Morgan fingerprint density at radius 2 is 2.09 bits per heavy atom. The third-order valence-electron chi connectivity index (χ3n) is 3.65. The summed E-state index contributed by atoms with van der Waals surface area (Å²) in [6.07, 6.45) is 1.80. The van der Waals surface area contributed by atoms with Crippen LogP contribution in [0, 0.1) is 0 Å². The number of hydrogen-bond acceptors (Lipinski definition) is 5. The second-order valence-electron chi connectivity index (χ2n) is 5.17. The first-order valence-electron chi connectivity index (χ1n) is 7.08. The molecule has 0 fully saturated rings. The molecule has 6 heteroatoms. The molecule has 114 valence electrons. The van der Waals surface area contributed by atoms with E-state index in [2.05, 4.69) is 15.8 Å². The molecule has 0 spiro atoms. The summed E-state index contributed by atoms with van der Waals surface area (Å²) in [5, 5.41) is 1.11. The highest BCUT2D eigenvalue weighted by atomic mass is 32.2. The molecule has 0 saturated carbocycles. The fraction of sp³-hybridized carbons (Fsp3) is 0.0588. The summed E-state index contributed by atoms with van der Waals surface area (Å²) in [6.45, 7) is 0. The van der Waals surface area contributed by atoms with Gasteiger partial charge in [0.15, 0.2) is 0 Å². The quantitative estimate of drug-likeness (QED) is 0.566. The van der Waals surface area contributed by atoms with E-state index < -0.39 is 0 Å². The Balaban J connectivity index is 1.58. The van der Waals surface area contributed by atoms with E-state index in [1.165, 1.54) is 23.3 Å². The monoisotopic (exact) mass is 339 g/mol. The highest BCUT2D eigenvalue weighted by Gasteiger charge is 2.05. The standard InChI is InChI=1S/C17H13N3OS2/c1-20-15-7-5-13(10-16(15)22-17(20)21)23-19-12-4-6-14-11(9-12)3-2-8-18-14/h2-10,19H,1H3. The molecule has 2 heterocycles. The zero-order valence-corrected chi connectivity index (χ0v) is 13.9. The van der Waals surface area contributed by atoms with E-state index in [9.17, 15) is 4.79 Å². The summed E-state index contributed by atoms with van der Waals surface area (Å²) < 4.78 is 6.03. The van der Waals surface area contributed by atoms with Crippen LogP contribution in [0.2, 0.25) is 0 Å². The van der Waals surface area contributed by atoms with Crippen LogP contribution in [0.15, 0.2) is 64.4 Å². The van der Waals surface area contributed by atoms with Crippen molar-refractivity contribution >= 4 is 50.1 Å². The van der Waals surface area contributed by atoms with Crippen molar-refractivity contribution < 1.29 is 0 Å². The number of nitrogens with zero attached hydrogens (tertiary/aromatic N) is 2. The van der Waals surface area contributed by atoms with Crippen LogP contribution < -0.4 is 9.60 Å². The van der Waals surface area contributed by atoms with E-state index in [0.717, 1.165) is 31.7 Å². The molecule has 0 bridgehead atoms. The fourth-order valence-corrected chi connectivity index (χ4v) is 4.10. The third kappa shape index (κ3) is 2.71. The highest BCUT2D eigenvalue weighted by Crippen LogP contribution is 2.27. The highest BCUT2D eigenvalue weighted by molar-refractivity contribution is 8.00. The van der Waals surface area contributed by atoms with Gasteiger partial charge in [0.2, 0.25) is 0 Å². The number of aryl methyl sites for hydroxylation is 1. The van der Waals surface area contributed by atoms with Crippen molar-refractivity contribution in [1.29, 1.82) is 0 Å². The molecule has 0 atom stereocenters. The number of hydrogen-bond donors (Lipinski definition) is 1. The van der Waals surface area contributed by atoms with Gasteiger partial charge in [-0.05, 0) is 54.4 Å². The van der Waals surface area contributed by atoms with Crippen LogP contribution in [-0.4, -0.2) is 9.55 Å². The minimum absolute atomic E-state index is 0.0668. The Kier molecular flexibility index (Phi) is 3.55. The van der Waals surface area contributed by atoms with E-state index in [1.54, 1.807) is 17.8 Å². The zero-order chi connectivity index (χ0) is 15.8. The number of pyridine rings is 1. The number of aromatic nitrogens is 2. The predicted octanol–water partition coefficient (Wildman–Crippen LogP) is 4.27. The lowest BCUT2D eigenvalue weighted by Gasteiger charge is -2.07. The molecule has 0 radical (unpaired) electrons. The largest absolute Gasteiger partial charge is 0.326 e.